The molecule has 1 fully saturated rings. The van der Waals surface area contributed by atoms with Crippen LogP contribution in [0, 0.1) is 5.82 Å². The Kier molecular flexibility index (Phi) is 5.39. The zero-order chi connectivity index (χ0) is 20.6. The number of carbonyl (C=O) groups excluding carboxylic acids is 3. The minimum Gasteiger partial charge on any atom is -0.321 e. The SMILES string of the molecule is CC(C)(C)N(C(=O)c1ccc(F)cc1)C1CC(=O)N(c2ccc(Br)cc2)C1=O. The van der Waals surface area contributed by atoms with E-state index in [-0.39, 0.29) is 17.9 Å². The number of imide groups is 1. The van der Waals surface area contributed by atoms with Crippen LogP contribution in [0.15, 0.2) is 53.0 Å². The van der Waals surface area contributed by atoms with Gasteiger partial charge in [0.25, 0.3) is 11.8 Å². The zero-order valence-electron chi connectivity index (χ0n) is 15.8. The van der Waals surface area contributed by atoms with Gasteiger partial charge in [-0.05, 0) is 69.3 Å². The molecule has 0 N–H and O–H groups in total. The number of hydrogen-bond donors (Lipinski definition) is 0. The summed E-state index contributed by atoms with van der Waals surface area (Å²) in [5.41, 5.74) is 0.00406. The number of hydrogen-bond acceptors (Lipinski definition) is 3. The Balaban J connectivity index is 1.96. The smallest absolute Gasteiger partial charge is 0.257 e. The van der Waals surface area contributed by atoms with Crippen molar-refractivity contribution in [2.24, 2.45) is 0 Å². The molecule has 0 spiro atoms. The van der Waals surface area contributed by atoms with Crippen LogP contribution in [0.3, 0.4) is 0 Å². The third-order valence-electron chi connectivity index (χ3n) is 4.55. The Morgan fingerprint density at radius 3 is 2.18 bits per heavy atom. The van der Waals surface area contributed by atoms with Gasteiger partial charge >= 0.3 is 0 Å². The van der Waals surface area contributed by atoms with E-state index in [1.165, 1.54) is 29.2 Å². The Morgan fingerprint density at radius 2 is 1.64 bits per heavy atom. The molecular formula is C21H20BrFN2O3. The van der Waals surface area contributed by atoms with Crippen LogP contribution in [0.25, 0.3) is 0 Å². The molecule has 0 aliphatic carbocycles. The maximum Gasteiger partial charge on any atom is 0.257 e. The Labute approximate surface area is 171 Å². The number of amides is 3. The number of halogens is 2. The van der Waals surface area contributed by atoms with E-state index in [0.29, 0.717) is 5.69 Å². The predicted molar refractivity (Wildman–Crippen MR) is 107 cm³/mol. The Hall–Kier alpha value is -2.54. The summed E-state index contributed by atoms with van der Waals surface area (Å²) >= 11 is 3.33. The van der Waals surface area contributed by atoms with Crippen molar-refractivity contribution in [2.75, 3.05) is 4.90 Å². The van der Waals surface area contributed by atoms with E-state index in [9.17, 15) is 18.8 Å². The summed E-state index contributed by atoms with van der Waals surface area (Å²) in [4.78, 5) is 41.4. The topological polar surface area (TPSA) is 57.7 Å². The van der Waals surface area contributed by atoms with Gasteiger partial charge in [-0.15, -0.1) is 0 Å². The lowest BCUT2D eigenvalue weighted by atomic mass is 9.99. The van der Waals surface area contributed by atoms with Crippen molar-refractivity contribution < 1.29 is 18.8 Å². The summed E-state index contributed by atoms with van der Waals surface area (Å²) < 4.78 is 14.1. The molecule has 1 aliphatic rings. The van der Waals surface area contributed by atoms with Gasteiger partial charge in [-0.3, -0.25) is 14.4 Å². The molecule has 2 aromatic rings. The lowest BCUT2D eigenvalue weighted by Crippen LogP contribution is -2.54. The average molecular weight is 447 g/mol. The fourth-order valence-electron chi connectivity index (χ4n) is 3.32. The summed E-state index contributed by atoms with van der Waals surface area (Å²) in [5.74, 6) is -1.68. The fourth-order valence-corrected chi connectivity index (χ4v) is 3.59. The van der Waals surface area contributed by atoms with Crippen molar-refractivity contribution in [3.63, 3.8) is 0 Å². The van der Waals surface area contributed by atoms with Gasteiger partial charge in [-0.1, -0.05) is 15.9 Å². The number of rotatable bonds is 3. The molecule has 1 unspecified atom stereocenters. The maximum absolute atomic E-state index is 13.2. The third kappa shape index (κ3) is 3.85. The number of carbonyl (C=O) groups is 3. The quantitative estimate of drug-likeness (QED) is 0.665. The molecule has 1 aliphatic heterocycles. The average Bonchev–Trinajstić information content (AvgIpc) is 2.89. The molecule has 0 aromatic heterocycles. The van der Waals surface area contributed by atoms with Gasteiger partial charge in [0.15, 0.2) is 0 Å². The maximum atomic E-state index is 13.2. The Morgan fingerprint density at radius 1 is 1.07 bits per heavy atom. The second kappa shape index (κ2) is 7.47. The van der Waals surface area contributed by atoms with Crippen molar-refractivity contribution >= 4 is 39.3 Å². The first kappa shape index (κ1) is 20.2. The van der Waals surface area contributed by atoms with E-state index >= 15 is 0 Å². The molecule has 3 rings (SSSR count). The zero-order valence-corrected chi connectivity index (χ0v) is 17.4. The lowest BCUT2D eigenvalue weighted by Gasteiger charge is -2.39. The van der Waals surface area contributed by atoms with Gasteiger partial charge in [0.05, 0.1) is 12.1 Å². The van der Waals surface area contributed by atoms with Crippen molar-refractivity contribution in [2.45, 2.75) is 38.8 Å². The molecule has 1 saturated heterocycles. The molecule has 1 heterocycles. The molecule has 146 valence electrons. The van der Waals surface area contributed by atoms with E-state index in [1.807, 2.05) is 0 Å². The van der Waals surface area contributed by atoms with Crippen LogP contribution in [0.2, 0.25) is 0 Å². The largest absolute Gasteiger partial charge is 0.321 e. The lowest BCUT2D eigenvalue weighted by molar-refractivity contribution is -0.123. The molecule has 0 bridgehead atoms. The van der Waals surface area contributed by atoms with Crippen molar-refractivity contribution in [3.8, 4) is 0 Å². The molecule has 1 atom stereocenters. The standard InChI is InChI=1S/C21H20BrFN2O3/c1-21(2,3)25(19(27)13-4-8-15(23)9-5-13)17-12-18(26)24(20(17)28)16-10-6-14(22)7-11-16/h4-11,17H,12H2,1-3H3. The molecular weight excluding hydrogens is 427 g/mol. The summed E-state index contributed by atoms with van der Waals surface area (Å²) in [6, 6.07) is 11.1. The van der Waals surface area contributed by atoms with Gasteiger partial charge in [-0.2, -0.15) is 0 Å². The molecule has 5 nitrogen and oxygen atoms in total. The van der Waals surface area contributed by atoms with Crippen molar-refractivity contribution in [1.29, 1.82) is 0 Å². The normalized spacial score (nSPS) is 17.2. The van der Waals surface area contributed by atoms with E-state index in [2.05, 4.69) is 15.9 Å². The summed E-state index contributed by atoms with van der Waals surface area (Å²) in [6.07, 6.45) is -0.0981. The molecule has 3 amide bonds. The van der Waals surface area contributed by atoms with Crippen LogP contribution in [0.4, 0.5) is 10.1 Å². The minimum absolute atomic E-state index is 0.0981. The predicted octanol–water partition coefficient (Wildman–Crippen LogP) is 4.16. The highest BCUT2D eigenvalue weighted by molar-refractivity contribution is 9.10. The highest BCUT2D eigenvalue weighted by Crippen LogP contribution is 2.31. The fraction of sp³-hybridized carbons (Fsp3) is 0.286. The molecule has 28 heavy (non-hydrogen) atoms. The van der Waals surface area contributed by atoms with Gasteiger partial charge in [0, 0.05) is 15.6 Å². The monoisotopic (exact) mass is 446 g/mol. The van der Waals surface area contributed by atoms with Crippen molar-refractivity contribution in [3.05, 3.63) is 64.4 Å². The van der Waals surface area contributed by atoms with Crippen LogP contribution in [-0.4, -0.2) is 34.2 Å². The highest BCUT2D eigenvalue weighted by Gasteiger charge is 2.47. The van der Waals surface area contributed by atoms with E-state index in [1.54, 1.807) is 45.0 Å². The van der Waals surface area contributed by atoms with Crippen LogP contribution in [0.5, 0.6) is 0 Å². The van der Waals surface area contributed by atoms with Crippen LogP contribution in [0.1, 0.15) is 37.6 Å². The number of anilines is 1. The highest BCUT2D eigenvalue weighted by atomic mass is 79.9. The van der Waals surface area contributed by atoms with Crippen molar-refractivity contribution in [1.82, 2.24) is 4.90 Å². The van der Waals surface area contributed by atoms with Gasteiger partial charge in [0.2, 0.25) is 5.91 Å². The number of benzene rings is 2. The first-order chi connectivity index (χ1) is 13.1. The van der Waals surface area contributed by atoms with Crippen LogP contribution < -0.4 is 4.90 Å². The van der Waals surface area contributed by atoms with E-state index < -0.39 is 29.2 Å². The summed E-state index contributed by atoms with van der Waals surface area (Å²) in [5, 5.41) is 0. The summed E-state index contributed by atoms with van der Waals surface area (Å²) in [7, 11) is 0. The second-order valence-corrected chi connectivity index (χ2v) is 8.53. The van der Waals surface area contributed by atoms with Gasteiger partial charge in [-0.25, -0.2) is 9.29 Å². The van der Waals surface area contributed by atoms with Gasteiger partial charge < -0.3 is 4.90 Å². The Bertz CT molecular complexity index is 920. The molecule has 0 radical (unpaired) electrons. The molecule has 2 aromatic carbocycles. The minimum atomic E-state index is -0.923. The molecule has 7 heteroatoms. The number of nitrogens with zero attached hydrogens (tertiary/aromatic N) is 2. The van der Waals surface area contributed by atoms with Gasteiger partial charge in [0.1, 0.15) is 11.9 Å². The molecule has 0 saturated carbocycles. The third-order valence-corrected chi connectivity index (χ3v) is 5.08. The first-order valence-corrected chi connectivity index (χ1v) is 9.60. The van der Waals surface area contributed by atoms with Crippen LogP contribution >= 0.6 is 15.9 Å². The summed E-state index contributed by atoms with van der Waals surface area (Å²) in [6.45, 7) is 5.40. The second-order valence-electron chi connectivity index (χ2n) is 7.62. The van der Waals surface area contributed by atoms with Crippen LogP contribution in [-0.2, 0) is 9.59 Å². The first-order valence-electron chi connectivity index (χ1n) is 8.81. The van der Waals surface area contributed by atoms with E-state index in [4.69, 9.17) is 0 Å². The van der Waals surface area contributed by atoms with E-state index in [0.717, 1.165) is 9.37 Å².